The second-order valence-corrected chi connectivity index (χ2v) is 4.60. The highest BCUT2D eigenvalue weighted by atomic mass is 16.5. The van der Waals surface area contributed by atoms with E-state index in [-0.39, 0.29) is 19.6 Å². The van der Waals surface area contributed by atoms with Gasteiger partial charge in [-0.05, 0) is 5.56 Å². The molecule has 0 heterocycles. The van der Waals surface area contributed by atoms with Crippen molar-refractivity contribution in [3.05, 3.63) is 35.9 Å². The molecule has 0 spiro atoms. The van der Waals surface area contributed by atoms with E-state index in [0.29, 0.717) is 6.29 Å². The summed E-state index contributed by atoms with van der Waals surface area (Å²) in [4.78, 5) is 44.5. The molecule has 0 fully saturated rings. The van der Waals surface area contributed by atoms with E-state index >= 15 is 0 Å². The maximum Gasteiger partial charge on any atom is 0.408 e. The highest BCUT2D eigenvalue weighted by Gasteiger charge is 2.24. The number of carbonyl (C=O) groups excluding carboxylic acids is 3. The van der Waals surface area contributed by atoms with E-state index in [1.165, 1.54) is 0 Å². The maximum atomic E-state index is 11.8. The Balaban J connectivity index is 2.50. The third-order valence-electron chi connectivity index (χ3n) is 2.76. The van der Waals surface area contributed by atoms with Gasteiger partial charge in [-0.1, -0.05) is 30.3 Å². The van der Waals surface area contributed by atoms with Gasteiger partial charge in [-0.3, -0.25) is 9.59 Å². The van der Waals surface area contributed by atoms with Crippen molar-refractivity contribution in [2.75, 3.05) is 6.54 Å². The normalized spacial score (nSPS) is 11.1. The zero-order valence-electron chi connectivity index (χ0n) is 12.4. The standard InChI is InChI=1S/C15H18N2O6/c18-8-4-7-16-14(21)12(9-13(19)20)17-15(22)23-10-11-5-2-1-3-6-11/h1-3,5-6,8,12H,4,7,9-10H2,(H,16,21)(H,17,22)(H,19,20)/t12-/m0/s1. The number of benzene rings is 1. The number of alkyl carbamates (subject to hydrolysis) is 1. The molecule has 0 bridgehead atoms. The molecule has 124 valence electrons. The summed E-state index contributed by atoms with van der Waals surface area (Å²) in [6.45, 7) is 0.0679. The molecule has 1 aromatic rings. The fraction of sp³-hybridized carbons (Fsp3) is 0.333. The van der Waals surface area contributed by atoms with Crippen LogP contribution >= 0.6 is 0 Å². The number of nitrogens with one attached hydrogen (secondary N) is 2. The van der Waals surface area contributed by atoms with Crippen molar-refractivity contribution in [1.82, 2.24) is 10.6 Å². The van der Waals surface area contributed by atoms with Gasteiger partial charge in [0.05, 0.1) is 6.42 Å². The van der Waals surface area contributed by atoms with Crippen LogP contribution in [0.25, 0.3) is 0 Å². The Morgan fingerprint density at radius 1 is 1.22 bits per heavy atom. The van der Waals surface area contributed by atoms with Crippen LogP contribution in [-0.2, 0) is 25.7 Å². The van der Waals surface area contributed by atoms with Crippen LogP contribution in [0.1, 0.15) is 18.4 Å². The Hall–Kier alpha value is -2.90. The first-order valence-electron chi connectivity index (χ1n) is 6.93. The van der Waals surface area contributed by atoms with Gasteiger partial charge in [0.1, 0.15) is 18.9 Å². The molecule has 0 saturated heterocycles. The van der Waals surface area contributed by atoms with Crippen LogP contribution in [0.4, 0.5) is 4.79 Å². The van der Waals surface area contributed by atoms with Crippen molar-refractivity contribution in [2.45, 2.75) is 25.5 Å². The Kier molecular flexibility index (Phi) is 7.84. The highest BCUT2D eigenvalue weighted by molar-refractivity contribution is 5.89. The summed E-state index contributed by atoms with van der Waals surface area (Å²) in [7, 11) is 0. The third kappa shape index (κ3) is 7.60. The first-order chi connectivity index (χ1) is 11.0. The van der Waals surface area contributed by atoms with E-state index in [0.717, 1.165) is 5.56 Å². The number of aldehydes is 1. The lowest BCUT2D eigenvalue weighted by Gasteiger charge is -2.16. The monoisotopic (exact) mass is 322 g/mol. The number of ether oxygens (including phenoxy) is 1. The second-order valence-electron chi connectivity index (χ2n) is 4.60. The summed E-state index contributed by atoms with van der Waals surface area (Å²) in [5.41, 5.74) is 0.757. The number of hydrogen-bond donors (Lipinski definition) is 3. The van der Waals surface area contributed by atoms with Crippen molar-refractivity contribution in [1.29, 1.82) is 0 Å². The Morgan fingerprint density at radius 3 is 2.52 bits per heavy atom. The van der Waals surface area contributed by atoms with E-state index in [4.69, 9.17) is 9.84 Å². The van der Waals surface area contributed by atoms with Gasteiger partial charge in [-0.25, -0.2) is 4.79 Å². The third-order valence-corrected chi connectivity index (χ3v) is 2.76. The van der Waals surface area contributed by atoms with E-state index in [1.807, 2.05) is 6.07 Å². The fourth-order valence-electron chi connectivity index (χ4n) is 1.67. The first kappa shape index (κ1) is 18.1. The zero-order valence-corrected chi connectivity index (χ0v) is 12.4. The molecule has 1 atom stereocenters. The highest BCUT2D eigenvalue weighted by Crippen LogP contribution is 2.01. The summed E-state index contributed by atoms with van der Waals surface area (Å²) in [5, 5.41) is 13.4. The maximum absolute atomic E-state index is 11.8. The first-order valence-corrected chi connectivity index (χ1v) is 6.93. The number of carboxylic acids is 1. The molecule has 0 unspecified atom stereocenters. The number of amides is 2. The Morgan fingerprint density at radius 2 is 1.91 bits per heavy atom. The number of carboxylic acid groups (broad SMARTS) is 1. The summed E-state index contributed by atoms with van der Waals surface area (Å²) >= 11 is 0. The van der Waals surface area contributed by atoms with Crippen molar-refractivity contribution in [3.63, 3.8) is 0 Å². The van der Waals surface area contributed by atoms with Crippen molar-refractivity contribution >= 4 is 24.3 Å². The summed E-state index contributed by atoms with van der Waals surface area (Å²) in [5.74, 6) is -1.94. The Bertz CT molecular complexity index is 546. The van der Waals surface area contributed by atoms with E-state index in [9.17, 15) is 19.2 Å². The molecule has 1 rings (SSSR count). The molecule has 0 saturated carbocycles. The molecule has 23 heavy (non-hydrogen) atoms. The Labute approximate surface area is 132 Å². The minimum atomic E-state index is -1.28. The average molecular weight is 322 g/mol. The second kappa shape index (κ2) is 9.93. The SMILES string of the molecule is O=CCCNC(=O)[C@H](CC(=O)O)NC(=O)OCc1ccccc1. The van der Waals surface area contributed by atoms with Gasteiger partial charge >= 0.3 is 12.1 Å². The van der Waals surface area contributed by atoms with Gasteiger partial charge in [0, 0.05) is 13.0 Å². The quantitative estimate of drug-likeness (QED) is 0.448. The summed E-state index contributed by atoms with van der Waals surface area (Å²) in [6.07, 6.45) is -0.767. The lowest BCUT2D eigenvalue weighted by Crippen LogP contribution is -2.48. The van der Waals surface area contributed by atoms with Crippen molar-refractivity contribution in [2.24, 2.45) is 0 Å². The molecule has 2 amide bonds. The van der Waals surface area contributed by atoms with Crippen LogP contribution in [0.2, 0.25) is 0 Å². The van der Waals surface area contributed by atoms with Gasteiger partial charge in [-0.2, -0.15) is 0 Å². The average Bonchev–Trinajstić information content (AvgIpc) is 2.53. The van der Waals surface area contributed by atoms with Gasteiger partial charge in [0.15, 0.2) is 0 Å². The van der Waals surface area contributed by atoms with E-state index < -0.39 is 30.4 Å². The molecule has 0 aromatic heterocycles. The van der Waals surface area contributed by atoms with Gasteiger partial charge in [0.2, 0.25) is 5.91 Å². The van der Waals surface area contributed by atoms with Gasteiger partial charge in [-0.15, -0.1) is 0 Å². The lowest BCUT2D eigenvalue weighted by molar-refractivity contribution is -0.139. The van der Waals surface area contributed by atoms with Gasteiger partial charge < -0.3 is 25.3 Å². The molecule has 0 aliphatic heterocycles. The van der Waals surface area contributed by atoms with E-state index in [2.05, 4.69) is 10.6 Å². The van der Waals surface area contributed by atoms with E-state index in [1.54, 1.807) is 24.3 Å². The van der Waals surface area contributed by atoms with Gasteiger partial charge in [0.25, 0.3) is 0 Å². The van der Waals surface area contributed by atoms with Crippen molar-refractivity contribution in [3.8, 4) is 0 Å². The van der Waals surface area contributed by atoms with Crippen LogP contribution in [0.15, 0.2) is 30.3 Å². The largest absolute Gasteiger partial charge is 0.481 e. The predicted molar refractivity (Wildman–Crippen MR) is 79.5 cm³/mol. The number of rotatable bonds is 9. The molecule has 8 nitrogen and oxygen atoms in total. The number of carbonyl (C=O) groups is 4. The van der Waals surface area contributed by atoms with Crippen LogP contribution in [0.3, 0.4) is 0 Å². The molecule has 3 N–H and O–H groups in total. The topological polar surface area (TPSA) is 122 Å². The summed E-state index contributed by atoms with van der Waals surface area (Å²) < 4.78 is 4.94. The van der Waals surface area contributed by atoms with Crippen LogP contribution in [0, 0.1) is 0 Å². The molecule has 0 radical (unpaired) electrons. The van der Waals surface area contributed by atoms with Crippen molar-refractivity contribution < 1.29 is 29.0 Å². The number of hydrogen-bond acceptors (Lipinski definition) is 5. The molecular weight excluding hydrogens is 304 g/mol. The van der Waals surface area contributed by atoms with Crippen LogP contribution in [0.5, 0.6) is 0 Å². The minimum Gasteiger partial charge on any atom is -0.481 e. The fourth-order valence-corrected chi connectivity index (χ4v) is 1.67. The molecule has 0 aliphatic carbocycles. The summed E-state index contributed by atoms with van der Waals surface area (Å²) in [6, 6.07) is 7.62. The number of aliphatic carboxylic acids is 1. The van der Waals surface area contributed by atoms with Crippen LogP contribution < -0.4 is 10.6 Å². The molecule has 1 aromatic carbocycles. The smallest absolute Gasteiger partial charge is 0.408 e. The lowest BCUT2D eigenvalue weighted by atomic mass is 10.2. The predicted octanol–water partition coefficient (Wildman–Crippen LogP) is 0.461. The molecule has 8 heteroatoms. The molecule has 0 aliphatic rings. The minimum absolute atomic E-state index is 0.000768. The molecular formula is C15H18N2O6. The van der Waals surface area contributed by atoms with Crippen LogP contribution in [-0.4, -0.2) is 41.9 Å². The zero-order chi connectivity index (χ0) is 17.1.